The molecule has 0 spiro atoms. The SMILES string of the molecule is CC#CCNC(CC)c1ccccc1Br. The van der Waals surface area contributed by atoms with Crippen LogP contribution in [0.15, 0.2) is 28.7 Å². The van der Waals surface area contributed by atoms with Crippen LogP contribution in [0.1, 0.15) is 31.9 Å². The van der Waals surface area contributed by atoms with Gasteiger partial charge in [-0.1, -0.05) is 47.0 Å². The zero-order chi connectivity index (χ0) is 11.1. The highest BCUT2D eigenvalue weighted by molar-refractivity contribution is 9.10. The Kier molecular flexibility index (Phi) is 5.45. The first-order valence-electron chi connectivity index (χ1n) is 5.17. The molecule has 0 aliphatic rings. The van der Waals surface area contributed by atoms with Crippen molar-refractivity contribution in [3.63, 3.8) is 0 Å². The molecule has 0 aromatic heterocycles. The van der Waals surface area contributed by atoms with Gasteiger partial charge in [0, 0.05) is 10.5 Å². The lowest BCUT2D eigenvalue weighted by Gasteiger charge is -2.17. The van der Waals surface area contributed by atoms with Gasteiger partial charge >= 0.3 is 0 Å². The first-order chi connectivity index (χ1) is 7.29. The first-order valence-corrected chi connectivity index (χ1v) is 5.96. The first kappa shape index (κ1) is 12.3. The number of hydrogen-bond acceptors (Lipinski definition) is 1. The Hall–Kier alpha value is -0.780. The molecule has 0 fully saturated rings. The van der Waals surface area contributed by atoms with Crippen molar-refractivity contribution in [3.05, 3.63) is 34.3 Å². The van der Waals surface area contributed by atoms with Crippen LogP contribution in [0.4, 0.5) is 0 Å². The van der Waals surface area contributed by atoms with Crippen molar-refractivity contribution in [1.82, 2.24) is 5.32 Å². The van der Waals surface area contributed by atoms with E-state index in [9.17, 15) is 0 Å². The molecule has 1 nitrogen and oxygen atoms in total. The summed E-state index contributed by atoms with van der Waals surface area (Å²) in [4.78, 5) is 0. The van der Waals surface area contributed by atoms with Gasteiger partial charge in [-0.05, 0) is 25.0 Å². The van der Waals surface area contributed by atoms with Crippen molar-refractivity contribution in [2.75, 3.05) is 6.54 Å². The van der Waals surface area contributed by atoms with Gasteiger partial charge in [-0.25, -0.2) is 0 Å². The van der Waals surface area contributed by atoms with Crippen molar-refractivity contribution in [3.8, 4) is 11.8 Å². The molecule has 1 rings (SSSR count). The van der Waals surface area contributed by atoms with E-state index in [1.165, 1.54) is 5.56 Å². The predicted octanol–water partition coefficient (Wildman–Crippen LogP) is 3.51. The fourth-order valence-electron chi connectivity index (χ4n) is 1.49. The van der Waals surface area contributed by atoms with Crippen LogP contribution in [0, 0.1) is 11.8 Å². The van der Waals surface area contributed by atoms with E-state index in [0.29, 0.717) is 6.04 Å². The second-order valence-electron chi connectivity index (χ2n) is 3.29. The van der Waals surface area contributed by atoms with Crippen LogP contribution in [-0.4, -0.2) is 6.54 Å². The molecule has 0 heterocycles. The summed E-state index contributed by atoms with van der Waals surface area (Å²) < 4.78 is 1.16. The molecular weight excluding hydrogens is 250 g/mol. The quantitative estimate of drug-likeness (QED) is 0.822. The van der Waals surface area contributed by atoms with E-state index in [1.54, 1.807) is 0 Å². The lowest BCUT2D eigenvalue weighted by atomic mass is 10.0. The van der Waals surface area contributed by atoms with E-state index in [-0.39, 0.29) is 0 Å². The van der Waals surface area contributed by atoms with E-state index >= 15 is 0 Å². The maximum Gasteiger partial charge on any atom is 0.0581 e. The van der Waals surface area contributed by atoms with E-state index in [1.807, 2.05) is 13.0 Å². The van der Waals surface area contributed by atoms with Gasteiger partial charge in [-0.2, -0.15) is 0 Å². The molecule has 0 saturated heterocycles. The molecule has 1 aromatic rings. The van der Waals surface area contributed by atoms with Gasteiger partial charge in [0.05, 0.1) is 6.54 Å². The highest BCUT2D eigenvalue weighted by Gasteiger charge is 2.10. The molecule has 15 heavy (non-hydrogen) atoms. The molecule has 1 N–H and O–H groups in total. The largest absolute Gasteiger partial charge is 0.299 e. The highest BCUT2D eigenvalue weighted by Crippen LogP contribution is 2.24. The Balaban J connectivity index is 2.72. The summed E-state index contributed by atoms with van der Waals surface area (Å²) in [7, 11) is 0. The number of rotatable bonds is 4. The fourth-order valence-corrected chi connectivity index (χ4v) is 2.06. The fraction of sp³-hybridized carbons (Fsp3) is 0.385. The van der Waals surface area contributed by atoms with Crippen LogP contribution >= 0.6 is 15.9 Å². The van der Waals surface area contributed by atoms with Crippen LogP contribution in [0.3, 0.4) is 0 Å². The summed E-state index contributed by atoms with van der Waals surface area (Å²) in [5.41, 5.74) is 1.30. The van der Waals surface area contributed by atoms with Gasteiger partial charge in [0.1, 0.15) is 0 Å². The minimum atomic E-state index is 0.376. The standard InChI is InChI=1S/C13H16BrN/c1-3-5-10-15-13(4-2)11-8-6-7-9-12(11)14/h6-9,13,15H,4,10H2,1-2H3. The predicted molar refractivity (Wildman–Crippen MR) is 68.6 cm³/mol. The molecule has 0 radical (unpaired) electrons. The van der Waals surface area contributed by atoms with Crippen LogP contribution < -0.4 is 5.32 Å². The Morgan fingerprint density at radius 3 is 2.73 bits per heavy atom. The van der Waals surface area contributed by atoms with Crippen molar-refractivity contribution < 1.29 is 0 Å². The second-order valence-corrected chi connectivity index (χ2v) is 4.14. The minimum absolute atomic E-state index is 0.376. The molecule has 1 atom stereocenters. The van der Waals surface area contributed by atoms with Crippen molar-refractivity contribution in [2.24, 2.45) is 0 Å². The molecule has 0 aliphatic carbocycles. The third-order valence-electron chi connectivity index (χ3n) is 2.30. The maximum absolute atomic E-state index is 3.57. The second kappa shape index (κ2) is 6.66. The maximum atomic E-state index is 3.57. The summed E-state index contributed by atoms with van der Waals surface area (Å²) in [5.74, 6) is 5.91. The van der Waals surface area contributed by atoms with Crippen molar-refractivity contribution in [1.29, 1.82) is 0 Å². The number of halogens is 1. The topological polar surface area (TPSA) is 12.0 Å². The van der Waals surface area contributed by atoms with E-state index in [4.69, 9.17) is 0 Å². The monoisotopic (exact) mass is 265 g/mol. The average Bonchev–Trinajstić information content (AvgIpc) is 2.26. The zero-order valence-corrected chi connectivity index (χ0v) is 10.8. The molecule has 0 amide bonds. The van der Waals surface area contributed by atoms with Gasteiger partial charge < -0.3 is 0 Å². The minimum Gasteiger partial charge on any atom is -0.299 e. The summed E-state index contributed by atoms with van der Waals surface area (Å²) >= 11 is 3.57. The van der Waals surface area contributed by atoms with Crippen LogP contribution in [0.25, 0.3) is 0 Å². The summed E-state index contributed by atoms with van der Waals surface area (Å²) in [6.07, 6.45) is 1.06. The summed E-state index contributed by atoms with van der Waals surface area (Å²) in [5, 5.41) is 3.42. The van der Waals surface area contributed by atoms with E-state index in [0.717, 1.165) is 17.4 Å². The molecular formula is C13H16BrN. The van der Waals surface area contributed by atoms with Gasteiger partial charge in [0.2, 0.25) is 0 Å². The lowest BCUT2D eigenvalue weighted by Crippen LogP contribution is -2.21. The van der Waals surface area contributed by atoms with Gasteiger partial charge in [-0.3, -0.25) is 5.32 Å². The number of hydrogen-bond donors (Lipinski definition) is 1. The normalized spacial score (nSPS) is 11.7. The van der Waals surface area contributed by atoms with Crippen molar-refractivity contribution >= 4 is 15.9 Å². The molecule has 1 unspecified atom stereocenters. The van der Waals surface area contributed by atoms with E-state index < -0.39 is 0 Å². The third kappa shape index (κ3) is 3.70. The van der Waals surface area contributed by atoms with Crippen LogP contribution in [0.5, 0.6) is 0 Å². The molecule has 0 saturated carbocycles. The van der Waals surface area contributed by atoms with Gasteiger partial charge in [0.25, 0.3) is 0 Å². The smallest absolute Gasteiger partial charge is 0.0581 e. The van der Waals surface area contributed by atoms with E-state index in [2.05, 4.69) is 58.2 Å². The van der Waals surface area contributed by atoms with Gasteiger partial charge in [0.15, 0.2) is 0 Å². The summed E-state index contributed by atoms with van der Waals surface area (Å²) in [6.45, 7) is 4.79. The molecule has 80 valence electrons. The Morgan fingerprint density at radius 2 is 2.13 bits per heavy atom. The van der Waals surface area contributed by atoms with Gasteiger partial charge in [-0.15, -0.1) is 5.92 Å². The summed E-state index contributed by atoms with van der Waals surface area (Å²) in [6, 6.07) is 8.69. The van der Waals surface area contributed by atoms with Crippen LogP contribution in [0.2, 0.25) is 0 Å². The molecule has 1 aromatic carbocycles. The molecule has 0 aliphatic heterocycles. The Morgan fingerprint density at radius 1 is 1.40 bits per heavy atom. The Bertz CT molecular complexity index is 362. The lowest BCUT2D eigenvalue weighted by molar-refractivity contribution is 0.553. The zero-order valence-electron chi connectivity index (χ0n) is 9.18. The Labute approximate surface area is 100 Å². The molecule has 2 heteroatoms. The third-order valence-corrected chi connectivity index (χ3v) is 3.02. The molecule has 0 bridgehead atoms. The average molecular weight is 266 g/mol. The van der Waals surface area contributed by atoms with Crippen LogP contribution in [-0.2, 0) is 0 Å². The number of nitrogens with one attached hydrogen (secondary N) is 1. The van der Waals surface area contributed by atoms with Crippen molar-refractivity contribution in [2.45, 2.75) is 26.3 Å². The number of benzene rings is 1. The highest BCUT2D eigenvalue weighted by atomic mass is 79.9.